The number of nitrogens with zero attached hydrogens (tertiary/aromatic N) is 1. The van der Waals surface area contributed by atoms with Gasteiger partial charge >= 0.3 is 0 Å². The number of benzene rings is 6. The zero-order chi connectivity index (χ0) is 35.2. The van der Waals surface area contributed by atoms with Crippen LogP contribution in [0, 0.1) is 0 Å². The highest BCUT2D eigenvalue weighted by atomic mass is 16.3. The number of anilines is 2. The standard InChI is InChI=1S/C51H37NO/c1-2-6-18-36-19-12-13-24-41(36)48(28-11-3-1)52(39-31-33-50-45(34-39)44-26-15-17-29-49(44)53-50)40-30-32-43-42-25-14-16-27-46(42)51(47(43)35-40,37-20-7-4-8-21-37)38-22-9-5-10-23-38/h1-29,31,33-35H,30,32H2. The van der Waals surface area contributed by atoms with Gasteiger partial charge in [0.15, 0.2) is 0 Å². The van der Waals surface area contributed by atoms with Crippen LogP contribution in [-0.4, -0.2) is 0 Å². The van der Waals surface area contributed by atoms with E-state index in [-0.39, 0.29) is 0 Å². The summed E-state index contributed by atoms with van der Waals surface area (Å²) in [5.74, 6) is 0. The van der Waals surface area contributed by atoms with Gasteiger partial charge in [0.1, 0.15) is 11.2 Å². The van der Waals surface area contributed by atoms with Crippen LogP contribution in [0.4, 0.5) is 11.4 Å². The van der Waals surface area contributed by atoms with Crippen LogP contribution in [0.2, 0.25) is 0 Å². The van der Waals surface area contributed by atoms with Gasteiger partial charge in [-0.3, -0.25) is 0 Å². The summed E-state index contributed by atoms with van der Waals surface area (Å²) in [6, 6.07) is 70.1. The molecule has 0 aliphatic heterocycles. The lowest BCUT2D eigenvalue weighted by molar-refractivity contribution is 0.669. The molecule has 10 rings (SSSR count). The van der Waals surface area contributed by atoms with Crippen molar-refractivity contribution in [3.8, 4) is 0 Å². The molecule has 252 valence electrons. The van der Waals surface area contributed by atoms with Crippen molar-refractivity contribution in [2.75, 3.05) is 4.90 Å². The number of fused-ring (bicyclic) bond motifs is 6. The van der Waals surface area contributed by atoms with Crippen molar-refractivity contribution in [3.05, 3.63) is 234 Å². The highest BCUT2D eigenvalue weighted by Crippen LogP contribution is 2.58. The predicted octanol–water partition coefficient (Wildman–Crippen LogP) is 13.5. The van der Waals surface area contributed by atoms with Crippen molar-refractivity contribution < 1.29 is 4.42 Å². The summed E-state index contributed by atoms with van der Waals surface area (Å²) in [5, 5.41) is 4.58. The van der Waals surface area contributed by atoms with E-state index in [4.69, 9.17) is 4.42 Å². The van der Waals surface area contributed by atoms with Gasteiger partial charge in [-0.25, -0.2) is 0 Å². The van der Waals surface area contributed by atoms with Gasteiger partial charge in [-0.15, -0.1) is 0 Å². The van der Waals surface area contributed by atoms with Crippen LogP contribution in [0.15, 0.2) is 216 Å². The van der Waals surface area contributed by atoms with Crippen molar-refractivity contribution in [2.45, 2.75) is 18.3 Å². The van der Waals surface area contributed by atoms with Gasteiger partial charge in [-0.05, 0) is 88.0 Å². The van der Waals surface area contributed by atoms with Crippen LogP contribution in [-0.2, 0) is 5.41 Å². The first-order valence-electron chi connectivity index (χ1n) is 18.5. The Kier molecular flexibility index (Phi) is 7.54. The zero-order valence-corrected chi connectivity index (χ0v) is 29.3. The van der Waals surface area contributed by atoms with E-state index in [1.807, 2.05) is 6.07 Å². The van der Waals surface area contributed by atoms with Gasteiger partial charge in [0.2, 0.25) is 0 Å². The number of rotatable bonds is 5. The summed E-state index contributed by atoms with van der Waals surface area (Å²) in [5.41, 5.74) is 12.9. The van der Waals surface area contributed by atoms with Gasteiger partial charge in [0.25, 0.3) is 0 Å². The Balaban J connectivity index is 1.29. The summed E-state index contributed by atoms with van der Waals surface area (Å²) in [6.45, 7) is 0. The molecule has 0 spiro atoms. The summed E-state index contributed by atoms with van der Waals surface area (Å²) in [6.07, 6.45) is 4.34. The molecule has 0 unspecified atom stereocenters. The average molecular weight is 680 g/mol. The van der Waals surface area contributed by atoms with Crippen LogP contribution in [0.3, 0.4) is 0 Å². The van der Waals surface area contributed by atoms with E-state index in [0.29, 0.717) is 0 Å². The van der Waals surface area contributed by atoms with E-state index in [2.05, 4.69) is 199 Å². The Morgan fingerprint density at radius 3 is 1.85 bits per heavy atom. The summed E-state index contributed by atoms with van der Waals surface area (Å²) in [4.78, 5) is 2.51. The zero-order valence-electron chi connectivity index (χ0n) is 29.3. The number of hydrogen-bond donors (Lipinski definition) is 0. The Morgan fingerprint density at radius 1 is 0.472 bits per heavy atom. The Morgan fingerprint density at radius 2 is 1.06 bits per heavy atom. The van der Waals surface area contributed by atoms with Crippen molar-refractivity contribution in [1.82, 2.24) is 0 Å². The number of allylic oxidation sites excluding steroid dienone is 4. The molecular formula is C51H37NO. The molecule has 2 aliphatic rings. The van der Waals surface area contributed by atoms with Crippen molar-refractivity contribution in [3.63, 3.8) is 0 Å². The van der Waals surface area contributed by atoms with Crippen molar-refractivity contribution in [1.29, 1.82) is 0 Å². The maximum atomic E-state index is 6.34. The first-order chi connectivity index (χ1) is 26.3. The lowest BCUT2D eigenvalue weighted by Crippen LogP contribution is -2.30. The van der Waals surface area contributed by atoms with E-state index >= 15 is 0 Å². The topological polar surface area (TPSA) is 16.4 Å². The summed E-state index contributed by atoms with van der Waals surface area (Å²) in [7, 11) is 0. The Bertz CT molecular complexity index is 2750. The molecule has 0 bridgehead atoms. The fourth-order valence-corrected chi connectivity index (χ4v) is 8.86. The molecule has 2 aliphatic carbocycles. The second kappa shape index (κ2) is 12.8. The van der Waals surface area contributed by atoms with Crippen molar-refractivity contribution in [2.24, 2.45) is 0 Å². The molecule has 7 aromatic carbocycles. The van der Waals surface area contributed by atoms with Crippen LogP contribution >= 0.6 is 0 Å². The molecule has 2 nitrogen and oxygen atoms in total. The van der Waals surface area contributed by atoms with Crippen LogP contribution in [0.5, 0.6) is 0 Å². The minimum absolute atomic E-state index is 0.466. The quantitative estimate of drug-likeness (QED) is 0.180. The highest BCUT2D eigenvalue weighted by Gasteiger charge is 2.48. The van der Waals surface area contributed by atoms with E-state index in [1.54, 1.807) is 0 Å². The fourth-order valence-electron chi connectivity index (χ4n) is 8.86. The van der Waals surface area contributed by atoms with Gasteiger partial charge in [-0.2, -0.15) is 0 Å². The van der Waals surface area contributed by atoms with Crippen LogP contribution in [0.1, 0.15) is 35.1 Å². The second-order valence-corrected chi connectivity index (χ2v) is 13.9. The minimum atomic E-state index is -0.466. The SMILES string of the molecule is C1=C(N(c2ccc3oc4ccccc4c3c2)c2cccccccc3ccccc23)CCC2=C1C(c1ccccc1)(c1ccccc1)c1ccccc12. The van der Waals surface area contributed by atoms with E-state index in [9.17, 15) is 0 Å². The molecule has 0 amide bonds. The third-order valence-electron chi connectivity index (χ3n) is 11.1. The fraction of sp³-hybridized carbons (Fsp3) is 0.0588. The van der Waals surface area contributed by atoms with Crippen molar-refractivity contribution >= 4 is 49.7 Å². The third-order valence-corrected chi connectivity index (χ3v) is 11.1. The van der Waals surface area contributed by atoms with Crippen LogP contribution < -0.4 is 4.90 Å². The van der Waals surface area contributed by atoms with Gasteiger partial charge in [0.05, 0.1) is 11.1 Å². The lowest BCUT2D eigenvalue weighted by atomic mass is 9.66. The van der Waals surface area contributed by atoms with Crippen LogP contribution in [0.25, 0.3) is 38.3 Å². The lowest BCUT2D eigenvalue weighted by Gasteiger charge is -2.37. The molecule has 8 aromatic rings. The Hall–Kier alpha value is -6.64. The van der Waals surface area contributed by atoms with E-state index in [1.165, 1.54) is 49.9 Å². The normalized spacial score (nSPS) is 14.5. The highest BCUT2D eigenvalue weighted by molar-refractivity contribution is 6.07. The first-order valence-corrected chi connectivity index (χ1v) is 18.5. The average Bonchev–Trinajstić information content (AvgIpc) is 3.74. The van der Waals surface area contributed by atoms with Gasteiger partial charge in [0, 0.05) is 27.5 Å². The summed E-state index contributed by atoms with van der Waals surface area (Å²) >= 11 is 0. The molecule has 0 radical (unpaired) electrons. The van der Waals surface area contributed by atoms with E-state index < -0.39 is 5.41 Å². The second-order valence-electron chi connectivity index (χ2n) is 13.9. The van der Waals surface area contributed by atoms with E-state index in [0.717, 1.165) is 46.2 Å². The molecule has 0 N–H and O–H groups in total. The first kappa shape index (κ1) is 31.1. The molecule has 2 heteroatoms. The molecule has 1 heterocycles. The Labute approximate surface area is 309 Å². The molecule has 0 fully saturated rings. The molecular weight excluding hydrogens is 643 g/mol. The number of furan rings is 1. The number of para-hydroxylation sites is 1. The monoisotopic (exact) mass is 679 g/mol. The van der Waals surface area contributed by atoms with Gasteiger partial charge in [-0.1, -0.05) is 164 Å². The predicted molar refractivity (Wildman–Crippen MR) is 221 cm³/mol. The van der Waals surface area contributed by atoms with Gasteiger partial charge < -0.3 is 9.32 Å². The molecule has 53 heavy (non-hydrogen) atoms. The smallest absolute Gasteiger partial charge is 0.135 e. The maximum Gasteiger partial charge on any atom is 0.135 e. The summed E-state index contributed by atoms with van der Waals surface area (Å²) < 4.78 is 6.34. The minimum Gasteiger partial charge on any atom is -0.456 e. The molecule has 0 saturated heterocycles. The molecule has 1 aromatic heterocycles. The molecule has 0 saturated carbocycles. The number of hydrogen-bond acceptors (Lipinski definition) is 2. The largest absolute Gasteiger partial charge is 0.456 e. The third kappa shape index (κ3) is 5.02. The molecule has 0 atom stereocenters. The maximum absolute atomic E-state index is 6.34.